The maximum atomic E-state index is 11.6. The summed E-state index contributed by atoms with van der Waals surface area (Å²) in [4.78, 5) is 18.9. The molecule has 0 unspecified atom stereocenters. The third-order valence-electron chi connectivity index (χ3n) is 5.95. The van der Waals surface area contributed by atoms with Crippen LogP contribution in [0.4, 0.5) is 0 Å². The van der Waals surface area contributed by atoms with Gasteiger partial charge in [0, 0.05) is 72.0 Å². The summed E-state index contributed by atoms with van der Waals surface area (Å²) in [6.45, 7) is 13.7. The van der Waals surface area contributed by atoms with E-state index in [-0.39, 0.29) is 5.91 Å². The Morgan fingerprint density at radius 2 is 1.87 bits per heavy atom. The highest BCUT2D eigenvalue weighted by Crippen LogP contribution is 2.26. The van der Waals surface area contributed by atoms with Gasteiger partial charge in [-0.3, -0.25) is 9.69 Å². The molecule has 3 rings (SSSR count). The number of nitrogens with zero attached hydrogens (tertiary/aromatic N) is 3. The second kappa shape index (κ2) is 7.95. The number of amides is 1. The molecule has 0 N–H and O–H groups in total. The smallest absolute Gasteiger partial charge is 0.219 e. The molecule has 0 aliphatic carbocycles. The van der Waals surface area contributed by atoms with Gasteiger partial charge in [0.15, 0.2) is 0 Å². The zero-order chi connectivity index (χ0) is 16.2. The second-order valence-electron chi connectivity index (χ2n) is 7.71. The van der Waals surface area contributed by atoms with E-state index in [1.54, 1.807) is 6.92 Å². The van der Waals surface area contributed by atoms with Gasteiger partial charge in [-0.25, -0.2) is 0 Å². The lowest BCUT2D eigenvalue weighted by Gasteiger charge is -2.31. The number of carbonyl (C=O) groups excluding carboxylic acids is 1. The highest BCUT2D eigenvalue weighted by molar-refractivity contribution is 5.73. The Bertz CT molecular complexity index is 398. The van der Waals surface area contributed by atoms with Crippen LogP contribution in [-0.4, -0.2) is 85.7 Å². The van der Waals surface area contributed by atoms with Gasteiger partial charge < -0.3 is 14.5 Å². The molecule has 3 saturated heterocycles. The fraction of sp³-hybridized carbons (Fsp3) is 0.944. The number of likely N-dealkylation sites (tertiary alicyclic amines) is 1. The summed E-state index contributed by atoms with van der Waals surface area (Å²) >= 11 is 0. The second-order valence-corrected chi connectivity index (χ2v) is 7.71. The minimum absolute atomic E-state index is 0.229. The van der Waals surface area contributed by atoms with Gasteiger partial charge in [-0.1, -0.05) is 6.92 Å². The number of ether oxygens (including phenoxy) is 1. The van der Waals surface area contributed by atoms with Crippen LogP contribution in [0.1, 0.15) is 33.1 Å². The van der Waals surface area contributed by atoms with Crippen molar-refractivity contribution in [3.05, 3.63) is 0 Å². The Kier molecular flexibility index (Phi) is 5.94. The van der Waals surface area contributed by atoms with Gasteiger partial charge in [-0.2, -0.15) is 0 Å². The van der Waals surface area contributed by atoms with Gasteiger partial charge in [0.05, 0.1) is 0 Å². The Hall–Kier alpha value is -0.650. The van der Waals surface area contributed by atoms with Crippen molar-refractivity contribution >= 4 is 5.91 Å². The lowest BCUT2D eigenvalue weighted by molar-refractivity contribution is -0.128. The van der Waals surface area contributed by atoms with Gasteiger partial charge in [0.1, 0.15) is 0 Å². The number of hydrogen-bond acceptors (Lipinski definition) is 4. The summed E-state index contributed by atoms with van der Waals surface area (Å²) in [5.41, 5.74) is 0. The molecule has 0 aromatic rings. The Morgan fingerprint density at radius 1 is 1.09 bits per heavy atom. The molecule has 5 heteroatoms. The molecule has 0 radical (unpaired) electrons. The Morgan fingerprint density at radius 3 is 2.61 bits per heavy atom. The van der Waals surface area contributed by atoms with Crippen LogP contribution in [0.2, 0.25) is 0 Å². The van der Waals surface area contributed by atoms with Crippen LogP contribution in [-0.2, 0) is 9.53 Å². The van der Waals surface area contributed by atoms with Crippen LogP contribution in [0.5, 0.6) is 0 Å². The fourth-order valence-electron chi connectivity index (χ4n) is 4.55. The van der Waals surface area contributed by atoms with Crippen molar-refractivity contribution in [1.82, 2.24) is 14.7 Å². The molecule has 1 amide bonds. The van der Waals surface area contributed by atoms with E-state index < -0.39 is 0 Å². The van der Waals surface area contributed by atoms with Crippen LogP contribution in [0, 0.1) is 11.8 Å². The summed E-state index contributed by atoms with van der Waals surface area (Å²) < 4.78 is 5.49. The topological polar surface area (TPSA) is 36.0 Å². The first kappa shape index (κ1) is 17.2. The van der Waals surface area contributed by atoms with Crippen molar-refractivity contribution < 1.29 is 9.53 Å². The summed E-state index contributed by atoms with van der Waals surface area (Å²) in [7, 11) is 0. The standard InChI is InChI=1S/C18H33N3O2/c1-15-12-19(13-17-4-10-23-11-5-17)14-18(15)21-7-3-6-20(8-9-21)16(2)22/h15,17-18H,3-14H2,1-2H3/t15-,18+/m0/s1. The quantitative estimate of drug-likeness (QED) is 0.784. The van der Waals surface area contributed by atoms with Crippen LogP contribution < -0.4 is 0 Å². The minimum Gasteiger partial charge on any atom is -0.381 e. The number of rotatable bonds is 3. The third kappa shape index (κ3) is 4.46. The maximum Gasteiger partial charge on any atom is 0.219 e. The van der Waals surface area contributed by atoms with Crippen molar-refractivity contribution in [3.8, 4) is 0 Å². The highest BCUT2D eigenvalue weighted by atomic mass is 16.5. The highest BCUT2D eigenvalue weighted by Gasteiger charge is 2.35. The largest absolute Gasteiger partial charge is 0.381 e. The molecule has 2 atom stereocenters. The zero-order valence-electron chi connectivity index (χ0n) is 14.9. The molecular weight excluding hydrogens is 290 g/mol. The Labute approximate surface area is 140 Å². The average molecular weight is 323 g/mol. The predicted molar refractivity (Wildman–Crippen MR) is 91.4 cm³/mol. The van der Waals surface area contributed by atoms with E-state index in [4.69, 9.17) is 4.74 Å². The van der Waals surface area contributed by atoms with Crippen LogP contribution in [0.25, 0.3) is 0 Å². The molecule has 0 aromatic heterocycles. The van der Waals surface area contributed by atoms with Crippen molar-refractivity contribution in [2.75, 3.05) is 59.0 Å². The molecule has 0 saturated carbocycles. The molecule has 3 fully saturated rings. The van der Waals surface area contributed by atoms with E-state index in [0.29, 0.717) is 6.04 Å². The van der Waals surface area contributed by atoms with Crippen LogP contribution in [0.15, 0.2) is 0 Å². The first-order valence-electron chi connectivity index (χ1n) is 9.43. The first-order valence-corrected chi connectivity index (χ1v) is 9.43. The minimum atomic E-state index is 0.229. The van der Waals surface area contributed by atoms with Crippen molar-refractivity contribution in [2.24, 2.45) is 11.8 Å². The lowest BCUT2D eigenvalue weighted by atomic mass is 10.00. The zero-order valence-corrected chi connectivity index (χ0v) is 14.9. The lowest BCUT2D eigenvalue weighted by Crippen LogP contribution is -2.43. The monoisotopic (exact) mass is 323 g/mol. The molecule has 0 spiro atoms. The molecule has 23 heavy (non-hydrogen) atoms. The average Bonchev–Trinajstić information content (AvgIpc) is 2.75. The predicted octanol–water partition coefficient (Wildman–Crippen LogP) is 1.29. The normalized spacial score (nSPS) is 32.2. The number of carbonyl (C=O) groups is 1. The van der Waals surface area contributed by atoms with E-state index in [1.807, 2.05) is 4.90 Å². The van der Waals surface area contributed by atoms with Gasteiger partial charge in [-0.05, 0) is 31.1 Å². The third-order valence-corrected chi connectivity index (χ3v) is 5.95. The first-order chi connectivity index (χ1) is 11.1. The summed E-state index contributed by atoms with van der Waals surface area (Å²) in [6, 6.07) is 0.668. The van der Waals surface area contributed by atoms with Gasteiger partial charge in [0.25, 0.3) is 0 Å². The molecule has 0 aromatic carbocycles. The summed E-state index contributed by atoms with van der Waals surface area (Å²) in [6.07, 6.45) is 3.57. The number of hydrogen-bond donors (Lipinski definition) is 0. The van der Waals surface area contributed by atoms with Gasteiger partial charge >= 0.3 is 0 Å². The van der Waals surface area contributed by atoms with E-state index in [0.717, 1.165) is 57.6 Å². The molecule has 3 aliphatic rings. The molecule has 3 aliphatic heterocycles. The van der Waals surface area contributed by atoms with E-state index in [1.165, 1.54) is 32.5 Å². The summed E-state index contributed by atoms with van der Waals surface area (Å²) in [5, 5.41) is 0. The maximum absolute atomic E-state index is 11.6. The van der Waals surface area contributed by atoms with Crippen molar-refractivity contribution in [1.29, 1.82) is 0 Å². The van der Waals surface area contributed by atoms with Crippen molar-refractivity contribution in [2.45, 2.75) is 39.2 Å². The van der Waals surface area contributed by atoms with Crippen molar-refractivity contribution in [3.63, 3.8) is 0 Å². The van der Waals surface area contributed by atoms with Gasteiger partial charge in [-0.15, -0.1) is 0 Å². The molecule has 0 bridgehead atoms. The summed E-state index contributed by atoms with van der Waals surface area (Å²) in [5.74, 6) is 1.79. The van der Waals surface area contributed by atoms with Crippen LogP contribution in [0.3, 0.4) is 0 Å². The molecular formula is C18H33N3O2. The van der Waals surface area contributed by atoms with Gasteiger partial charge in [0.2, 0.25) is 5.91 Å². The van der Waals surface area contributed by atoms with Crippen LogP contribution >= 0.6 is 0 Å². The fourth-order valence-corrected chi connectivity index (χ4v) is 4.55. The van der Waals surface area contributed by atoms with E-state index in [2.05, 4.69) is 16.7 Å². The van der Waals surface area contributed by atoms with E-state index in [9.17, 15) is 4.79 Å². The SMILES string of the molecule is CC(=O)N1CCCN([C@@H]2CN(CC3CCOCC3)C[C@@H]2C)CC1. The molecule has 3 heterocycles. The molecule has 5 nitrogen and oxygen atoms in total. The molecule has 132 valence electrons. The Balaban J connectivity index is 1.50. The van der Waals surface area contributed by atoms with E-state index >= 15 is 0 Å².